The van der Waals surface area contributed by atoms with Gasteiger partial charge in [-0.25, -0.2) is 23.0 Å². The zero-order chi connectivity index (χ0) is 22.0. The van der Waals surface area contributed by atoms with Crippen LogP contribution in [0.1, 0.15) is 11.1 Å². The zero-order valence-electron chi connectivity index (χ0n) is 15.1. The monoisotopic (exact) mass is 478 g/mol. The van der Waals surface area contributed by atoms with Crippen molar-refractivity contribution in [1.29, 1.82) is 10.5 Å². The quantitative estimate of drug-likeness (QED) is 0.481. The van der Waals surface area contributed by atoms with Crippen LogP contribution in [0.25, 0.3) is 0 Å². The highest BCUT2D eigenvalue weighted by atomic mass is 35.5. The molecule has 0 aliphatic heterocycles. The molecule has 2 atom stereocenters. The van der Waals surface area contributed by atoms with E-state index in [2.05, 4.69) is 18.7 Å². The number of nitriles is 2. The van der Waals surface area contributed by atoms with Crippen LogP contribution >= 0.6 is 23.2 Å². The molecule has 0 saturated heterocycles. The molecule has 0 radical (unpaired) electrons. The molecule has 2 heterocycles. The Hall–Kier alpha value is -2.18. The Bertz CT molecular complexity index is 1120. The van der Waals surface area contributed by atoms with Crippen LogP contribution in [-0.2, 0) is 31.9 Å². The first kappa shape index (κ1) is 24.9. The van der Waals surface area contributed by atoms with Crippen LogP contribution in [0.2, 0.25) is 10.3 Å². The Morgan fingerprint density at radius 3 is 2.10 bits per heavy atom. The second-order valence-electron chi connectivity index (χ2n) is 5.46. The fraction of sp³-hybridized carbons (Fsp3) is 0.250. The van der Waals surface area contributed by atoms with Gasteiger partial charge >= 0.3 is 0 Å². The first-order valence-electron chi connectivity index (χ1n) is 7.48. The minimum atomic E-state index is -2.65. The summed E-state index contributed by atoms with van der Waals surface area (Å²) in [6.45, 7) is 0. The van der Waals surface area contributed by atoms with E-state index in [-0.39, 0.29) is 16.1 Å². The number of aromatic nitrogens is 2. The van der Waals surface area contributed by atoms with Crippen LogP contribution in [0.4, 0.5) is 8.78 Å². The molecular weight excluding hydrogens is 465 g/mol. The molecule has 0 saturated carbocycles. The molecule has 2 aromatic rings. The number of halogens is 4. The van der Waals surface area contributed by atoms with Crippen LogP contribution < -0.4 is 0 Å². The fourth-order valence-corrected chi connectivity index (χ4v) is 3.92. The van der Waals surface area contributed by atoms with Gasteiger partial charge in [0, 0.05) is 24.4 Å². The largest absolute Gasteiger partial charge is 0.249 e. The van der Waals surface area contributed by atoms with Crippen LogP contribution in [0.3, 0.4) is 0 Å². The molecule has 0 fully saturated rings. The molecule has 154 valence electrons. The first-order valence-corrected chi connectivity index (χ1v) is 12.1. The van der Waals surface area contributed by atoms with Crippen molar-refractivity contribution in [2.75, 3.05) is 12.5 Å². The summed E-state index contributed by atoms with van der Waals surface area (Å²) in [7, 11) is -3.07. The molecule has 2 rings (SSSR count). The molecular formula is C16H14Cl2F2N6OS2. The van der Waals surface area contributed by atoms with Crippen molar-refractivity contribution in [2.45, 2.75) is 11.5 Å². The zero-order valence-corrected chi connectivity index (χ0v) is 18.3. The smallest absolute Gasteiger partial charge is 0.214 e. The lowest BCUT2D eigenvalue weighted by Crippen LogP contribution is -2.01. The van der Waals surface area contributed by atoms with Gasteiger partial charge < -0.3 is 0 Å². The van der Waals surface area contributed by atoms with E-state index in [0.717, 1.165) is 6.07 Å². The summed E-state index contributed by atoms with van der Waals surface area (Å²) in [5.41, 5.74) is 1.08. The molecule has 2 unspecified atom stereocenters. The van der Waals surface area contributed by atoms with Crippen molar-refractivity contribution in [3.8, 4) is 12.4 Å². The third kappa shape index (κ3) is 9.24. The number of nitrogens with zero attached hydrogens (tertiary/aromatic N) is 6. The number of pyridine rings is 2. The van der Waals surface area contributed by atoms with Gasteiger partial charge in [0.25, 0.3) is 0 Å². The number of rotatable bonds is 4. The molecule has 0 aromatic carbocycles. The summed E-state index contributed by atoms with van der Waals surface area (Å²) < 4.78 is 44.3. The summed E-state index contributed by atoms with van der Waals surface area (Å²) in [6, 6.07) is 2.44. The van der Waals surface area contributed by atoms with Gasteiger partial charge in [-0.3, -0.25) is 0 Å². The summed E-state index contributed by atoms with van der Waals surface area (Å²) in [6.07, 6.45) is 9.09. The molecule has 7 nitrogen and oxygen atoms in total. The Morgan fingerprint density at radius 1 is 1.10 bits per heavy atom. The van der Waals surface area contributed by atoms with E-state index in [0.29, 0.717) is 16.9 Å². The molecule has 29 heavy (non-hydrogen) atoms. The minimum absolute atomic E-state index is 0.0261. The van der Waals surface area contributed by atoms with Crippen LogP contribution in [-0.4, -0.2) is 26.7 Å². The van der Waals surface area contributed by atoms with Crippen LogP contribution in [0, 0.1) is 34.5 Å². The molecule has 0 aliphatic carbocycles. The van der Waals surface area contributed by atoms with Gasteiger partial charge in [0.1, 0.15) is 0 Å². The van der Waals surface area contributed by atoms with Gasteiger partial charge in [-0.05, 0) is 29.5 Å². The third-order valence-corrected chi connectivity index (χ3v) is 5.98. The lowest BCUT2D eigenvalue weighted by atomic mass is 10.3. The molecule has 0 N–H and O–H groups in total. The second-order valence-corrected chi connectivity index (χ2v) is 10.2. The Balaban J connectivity index is 0.000000291. The van der Waals surface area contributed by atoms with Gasteiger partial charge in [-0.15, -0.1) is 4.36 Å². The fourth-order valence-electron chi connectivity index (χ4n) is 1.85. The Kier molecular flexibility index (Phi) is 10.1. The third-order valence-electron chi connectivity index (χ3n) is 2.95. The summed E-state index contributed by atoms with van der Waals surface area (Å²) in [5, 5.41) is 16.2. The minimum Gasteiger partial charge on any atom is -0.249 e. The van der Waals surface area contributed by atoms with E-state index in [4.69, 9.17) is 33.7 Å². The average molecular weight is 479 g/mol. The summed E-state index contributed by atoms with van der Waals surface area (Å²) in [5.74, 6) is -0.740. The van der Waals surface area contributed by atoms with Crippen molar-refractivity contribution in [3.05, 3.63) is 57.6 Å². The van der Waals surface area contributed by atoms with Crippen molar-refractivity contribution in [1.82, 2.24) is 9.97 Å². The van der Waals surface area contributed by atoms with Gasteiger partial charge in [-0.2, -0.15) is 14.9 Å². The maximum atomic E-state index is 13.0. The van der Waals surface area contributed by atoms with Crippen molar-refractivity contribution >= 4 is 43.6 Å². The Morgan fingerprint density at radius 2 is 1.62 bits per heavy atom. The standard InChI is InChI=1S/C8H7ClFN3OS.C8H7ClFN3S/c1-15(14,13-5-11)4-6-2-7(10)8(9)12-3-6;1-14(13-5-11)4-6-2-7(10)8(9)12-3-6/h2-3H,4H2,1H3;2-3H,4H2,1H3. The maximum absolute atomic E-state index is 13.0. The predicted molar refractivity (Wildman–Crippen MR) is 109 cm³/mol. The predicted octanol–water partition coefficient (Wildman–Crippen LogP) is 4.24. The second kappa shape index (κ2) is 11.7. The highest BCUT2D eigenvalue weighted by Crippen LogP contribution is 2.14. The summed E-state index contributed by atoms with van der Waals surface area (Å²) in [4.78, 5) is 7.23. The molecule has 2 aromatic heterocycles. The van der Waals surface area contributed by atoms with Gasteiger partial charge in [0.05, 0.1) is 15.5 Å². The molecule has 0 amide bonds. The molecule has 0 spiro atoms. The molecule has 0 bridgehead atoms. The lowest BCUT2D eigenvalue weighted by Gasteiger charge is -2.02. The SMILES string of the molecule is CS(=O)(Cc1cnc(Cl)c(F)c1)=NC#N.CS(Cc1cnc(Cl)c(F)c1)=NC#N. The van der Waals surface area contributed by atoms with E-state index in [1.54, 1.807) is 12.4 Å². The number of hydrogen-bond acceptors (Lipinski definition) is 7. The average Bonchev–Trinajstić information content (AvgIpc) is 2.62. The van der Waals surface area contributed by atoms with Crippen molar-refractivity contribution < 1.29 is 13.0 Å². The molecule has 13 heteroatoms. The normalized spacial score (nSPS) is 13.2. The van der Waals surface area contributed by atoms with E-state index < -0.39 is 32.1 Å². The van der Waals surface area contributed by atoms with E-state index >= 15 is 0 Å². The number of hydrogen-bond donors (Lipinski definition) is 0. The Labute approximate surface area is 179 Å². The van der Waals surface area contributed by atoms with Crippen molar-refractivity contribution in [2.24, 2.45) is 8.73 Å². The van der Waals surface area contributed by atoms with E-state index in [1.807, 2.05) is 0 Å². The maximum Gasteiger partial charge on any atom is 0.214 e. The van der Waals surface area contributed by atoms with Gasteiger partial charge in [0.2, 0.25) is 12.4 Å². The van der Waals surface area contributed by atoms with E-state index in [9.17, 15) is 13.0 Å². The highest BCUT2D eigenvalue weighted by Gasteiger charge is 2.07. The highest BCUT2D eigenvalue weighted by molar-refractivity contribution is 7.92. The van der Waals surface area contributed by atoms with E-state index in [1.165, 1.54) is 30.9 Å². The first-order chi connectivity index (χ1) is 13.6. The van der Waals surface area contributed by atoms with Crippen molar-refractivity contribution in [3.63, 3.8) is 0 Å². The molecule has 0 aliphatic rings. The van der Waals surface area contributed by atoms with Crippen LogP contribution in [0.5, 0.6) is 0 Å². The lowest BCUT2D eigenvalue weighted by molar-refractivity contribution is 0.619. The van der Waals surface area contributed by atoms with Crippen LogP contribution in [0.15, 0.2) is 33.3 Å². The topological polar surface area (TPSA) is 115 Å². The van der Waals surface area contributed by atoms with Gasteiger partial charge in [-0.1, -0.05) is 33.9 Å². The summed E-state index contributed by atoms with van der Waals surface area (Å²) >= 11 is 10.8. The van der Waals surface area contributed by atoms with Gasteiger partial charge in [0.15, 0.2) is 21.9 Å².